The molecular weight excluding hydrogens is 284 g/mol. The molecule has 1 heterocycles. The number of carbonyl (C=O) groups excluding carboxylic acids is 1. The number of rotatable bonds is 6. The van der Waals surface area contributed by atoms with Crippen LogP contribution in [-0.2, 0) is 6.42 Å². The molecule has 21 heavy (non-hydrogen) atoms. The zero-order chi connectivity index (χ0) is 15.2. The molecule has 5 nitrogen and oxygen atoms in total. The highest BCUT2D eigenvalue weighted by Crippen LogP contribution is 2.26. The molecule has 0 unspecified atom stereocenters. The fraction of sp³-hybridized carbons (Fsp3) is 0.400. The summed E-state index contributed by atoms with van der Waals surface area (Å²) in [6.45, 7) is 4.72. The Morgan fingerprint density at radius 1 is 1.29 bits per heavy atom. The summed E-state index contributed by atoms with van der Waals surface area (Å²) in [6.07, 6.45) is 2.56. The lowest BCUT2D eigenvalue weighted by Crippen LogP contribution is -2.32. The lowest BCUT2D eigenvalue weighted by atomic mass is 10.2. The van der Waals surface area contributed by atoms with E-state index in [9.17, 15) is 4.79 Å². The summed E-state index contributed by atoms with van der Waals surface area (Å²) < 4.78 is 3.93. The van der Waals surface area contributed by atoms with Crippen LogP contribution in [-0.4, -0.2) is 22.0 Å². The van der Waals surface area contributed by atoms with Crippen molar-refractivity contribution in [3.8, 4) is 0 Å². The molecule has 0 saturated carbocycles. The van der Waals surface area contributed by atoms with E-state index >= 15 is 0 Å². The van der Waals surface area contributed by atoms with Gasteiger partial charge in [-0.2, -0.15) is 0 Å². The van der Waals surface area contributed by atoms with Crippen molar-refractivity contribution in [2.24, 2.45) is 0 Å². The minimum Gasteiger partial charge on any atom is -0.397 e. The first-order valence-corrected chi connectivity index (χ1v) is 7.94. The van der Waals surface area contributed by atoms with Gasteiger partial charge < -0.3 is 10.6 Å². The standard InChI is InChI=1S/C15H20N4OS/c1-3-7-12-14(21-18-17-12)15(20)19(10-4-2)13-9-6-5-8-11(13)16/h5-6,8-9H,3-4,7,10,16H2,1-2H3. The maximum absolute atomic E-state index is 12.8. The Bertz CT molecular complexity index is 611. The molecule has 6 heteroatoms. The van der Waals surface area contributed by atoms with Gasteiger partial charge in [-0.25, -0.2) is 0 Å². The number of anilines is 2. The molecule has 0 bridgehead atoms. The molecule has 0 fully saturated rings. The summed E-state index contributed by atoms with van der Waals surface area (Å²) in [7, 11) is 0. The van der Waals surface area contributed by atoms with Crippen LogP contribution in [0.4, 0.5) is 11.4 Å². The van der Waals surface area contributed by atoms with Gasteiger partial charge in [0.05, 0.1) is 17.1 Å². The largest absolute Gasteiger partial charge is 0.397 e. The van der Waals surface area contributed by atoms with Crippen molar-refractivity contribution in [1.82, 2.24) is 9.59 Å². The van der Waals surface area contributed by atoms with E-state index in [1.54, 1.807) is 4.90 Å². The summed E-state index contributed by atoms with van der Waals surface area (Å²) >= 11 is 1.16. The third kappa shape index (κ3) is 3.39. The van der Waals surface area contributed by atoms with E-state index in [-0.39, 0.29) is 5.91 Å². The molecule has 112 valence electrons. The Balaban J connectivity index is 2.36. The molecule has 0 atom stereocenters. The van der Waals surface area contributed by atoms with Gasteiger partial charge >= 0.3 is 0 Å². The minimum absolute atomic E-state index is 0.0619. The minimum atomic E-state index is -0.0619. The molecule has 0 aliphatic heterocycles. The maximum atomic E-state index is 12.8. The second-order valence-corrected chi connectivity index (χ2v) is 5.57. The fourth-order valence-electron chi connectivity index (χ4n) is 2.18. The molecule has 1 aromatic carbocycles. The first kappa shape index (κ1) is 15.4. The Morgan fingerprint density at radius 3 is 2.71 bits per heavy atom. The lowest BCUT2D eigenvalue weighted by Gasteiger charge is -2.23. The second-order valence-electron chi connectivity index (χ2n) is 4.81. The number of carbonyl (C=O) groups is 1. The van der Waals surface area contributed by atoms with Crippen LogP contribution in [0.25, 0.3) is 0 Å². The third-order valence-corrected chi connectivity index (χ3v) is 3.91. The highest BCUT2D eigenvalue weighted by atomic mass is 32.1. The van der Waals surface area contributed by atoms with Crippen LogP contribution in [0.3, 0.4) is 0 Å². The van der Waals surface area contributed by atoms with Gasteiger partial charge in [-0.1, -0.05) is 36.9 Å². The number of amides is 1. The normalized spacial score (nSPS) is 10.6. The van der Waals surface area contributed by atoms with E-state index in [1.165, 1.54) is 0 Å². The topological polar surface area (TPSA) is 72.1 Å². The molecule has 0 aliphatic rings. The quantitative estimate of drug-likeness (QED) is 0.832. The van der Waals surface area contributed by atoms with Gasteiger partial charge in [0.15, 0.2) is 0 Å². The smallest absolute Gasteiger partial charge is 0.272 e. The number of benzene rings is 1. The number of aromatic nitrogens is 2. The summed E-state index contributed by atoms with van der Waals surface area (Å²) in [5.41, 5.74) is 8.15. The Kier molecular flexibility index (Phi) is 5.27. The van der Waals surface area contributed by atoms with Crippen LogP contribution < -0.4 is 10.6 Å². The van der Waals surface area contributed by atoms with Crippen molar-refractivity contribution in [2.75, 3.05) is 17.2 Å². The van der Waals surface area contributed by atoms with Gasteiger partial charge in [0.2, 0.25) is 0 Å². The molecule has 2 aromatic rings. The van der Waals surface area contributed by atoms with E-state index in [4.69, 9.17) is 5.73 Å². The Labute approximate surface area is 128 Å². The van der Waals surface area contributed by atoms with Crippen molar-refractivity contribution < 1.29 is 4.79 Å². The molecule has 0 radical (unpaired) electrons. The van der Waals surface area contributed by atoms with E-state index in [1.807, 2.05) is 31.2 Å². The van der Waals surface area contributed by atoms with E-state index < -0.39 is 0 Å². The number of nitrogens with two attached hydrogens (primary N) is 1. The van der Waals surface area contributed by atoms with Crippen LogP contribution in [0.1, 0.15) is 42.1 Å². The number of hydrogen-bond donors (Lipinski definition) is 1. The van der Waals surface area contributed by atoms with Gasteiger partial charge in [0.1, 0.15) is 4.88 Å². The Hall–Kier alpha value is -1.95. The molecule has 1 aromatic heterocycles. The molecular formula is C15H20N4OS. The van der Waals surface area contributed by atoms with Gasteiger partial charge in [-0.05, 0) is 36.5 Å². The van der Waals surface area contributed by atoms with Gasteiger partial charge in [0, 0.05) is 6.54 Å². The van der Waals surface area contributed by atoms with Crippen molar-refractivity contribution in [3.63, 3.8) is 0 Å². The fourth-order valence-corrected chi connectivity index (χ4v) is 2.84. The third-order valence-electron chi connectivity index (χ3n) is 3.16. The number of nitrogen functional groups attached to an aromatic ring is 1. The first-order valence-electron chi connectivity index (χ1n) is 7.16. The highest BCUT2D eigenvalue weighted by Gasteiger charge is 2.23. The van der Waals surface area contributed by atoms with Gasteiger partial charge in [-0.3, -0.25) is 4.79 Å². The van der Waals surface area contributed by atoms with Crippen molar-refractivity contribution >= 4 is 28.8 Å². The molecule has 0 spiro atoms. The maximum Gasteiger partial charge on any atom is 0.272 e. The summed E-state index contributed by atoms with van der Waals surface area (Å²) in [5, 5.41) is 4.08. The van der Waals surface area contributed by atoms with E-state index in [0.717, 1.165) is 42.2 Å². The second kappa shape index (κ2) is 7.17. The lowest BCUT2D eigenvalue weighted by molar-refractivity contribution is 0.0990. The zero-order valence-corrected chi connectivity index (χ0v) is 13.2. The highest BCUT2D eigenvalue weighted by molar-refractivity contribution is 7.08. The van der Waals surface area contributed by atoms with Crippen LogP contribution >= 0.6 is 11.5 Å². The van der Waals surface area contributed by atoms with Crippen LogP contribution in [0.15, 0.2) is 24.3 Å². The van der Waals surface area contributed by atoms with Crippen molar-refractivity contribution in [3.05, 3.63) is 34.8 Å². The van der Waals surface area contributed by atoms with Gasteiger partial charge in [-0.15, -0.1) is 5.10 Å². The molecule has 2 N–H and O–H groups in total. The number of hydrogen-bond acceptors (Lipinski definition) is 5. The van der Waals surface area contributed by atoms with Gasteiger partial charge in [0.25, 0.3) is 5.91 Å². The van der Waals surface area contributed by atoms with E-state index in [2.05, 4.69) is 16.5 Å². The monoisotopic (exact) mass is 304 g/mol. The molecule has 1 amide bonds. The van der Waals surface area contributed by atoms with E-state index in [0.29, 0.717) is 17.1 Å². The molecule has 2 rings (SSSR count). The van der Waals surface area contributed by atoms with Crippen molar-refractivity contribution in [2.45, 2.75) is 33.1 Å². The molecule has 0 aliphatic carbocycles. The number of nitrogens with zero attached hydrogens (tertiary/aromatic N) is 3. The first-order chi connectivity index (χ1) is 10.2. The van der Waals surface area contributed by atoms with Crippen LogP contribution in [0.5, 0.6) is 0 Å². The molecule has 0 saturated heterocycles. The predicted molar refractivity (Wildman–Crippen MR) is 86.7 cm³/mol. The summed E-state index contributed by atoms with van der Waals surface area (Å²) in [6, 6.07) is 7.43. The number of para-hydroxylation sites is 2. The zero-order valence-electron chi connectivity index (χ0n) is 12.4. The summed E-state index contributed by atoms with van der Waals surface area (Å²) in [4.78, 5) is 15.2. The average Bonchev–Trinajstić information content (AvgIpc) is 2.94. The number of aryl methyl sites for hydroxylation is 1. The van der Waals surface area contributed by atoms with Crippen molar-refractivity contribution in [1.29, 1.82) is 0 Å². The van der Waals surface area contributed by atoms with Crippen LogP contribution in [0.2, 0.25) is 0 Å². The summed E-state index contributed by atoms with van der Waals surface area (Å²) in [5.74, 6) is -0.0619. The Morgan fingerprint density at radius 2 is 2.05 bits per heavy atom. The predicted octanol–water partition coefficient (Wildman–Crippen LogP) is 3.13. The average molecular weight is 304 g/mol. The van der Waals surface area contributed by atoms with Crippen LogP contribution in [0, 0.1) is 0 Å². The SMILES string of the molecule is CCCc1nnsc1C(=O)N(CCC)c1ccccc1N.